The molecular weight excluding hydrogens is 254 g/mol. The highest BCUT2D eigenvalue weighted by Crippen LogP contribution is 2.36. The third-order valence-electron chi connectivity index (χ3n) is 4.22. The number of fused-ring (bicyclic) bond motifs is 1. The minimum Gasteiger partial charge on any atom is -0.294 e. The Bertz CT molecular complexity index is 380. The van der Waals surface area contributed by atoms with E-state index in [1.54, 1.807) is 0 Å². The molecule has 0 spiro atoms. The molecule has 1 saturated heterocycles. The molecule has 2 aliphatic rings. The van der Waals surface area contributed by atoms with Crippen LogP contribution >= 0.6 is 23.1 Å². The standard InChI is InChI=1S/C12H18ClN3S/c13-12-10(14-15-17-12)8-16-7-3-5-9-4-1-2-6-11(9)16/h9,11H,1-8H2/t9-,11-/m1/s1. The summed E-state index contributed by atoms with van der Waals surface area (Å²) >= 11 is 7.40. The third kappa shape index (κ3) is 2.49. The molecule has 2 fully saturated rings. The lowest BCUT2D eigenvalue weighted by atomic mass is 9.78. The Balaban J connectivity index is 1.71. The number of nitrogens with zero attached hydrogens (tertiary/aromatic N) is 3. The second kappa shape index (κ2) is 5.21. The van der Waals surface area contributed by atoms with Gasteiger partial charge in [0.2, 0.25) is 0 Å². The second-order valence-electron chi connectivity index (χ2n) is 5.22. The second-order valence-corrected chi connectivity index (χ2v) is 6.57. The van der Waals surface area contributed by atoms with E-state index < -0.39 is 0 Å². The quantitative estimate of drug-likeness (QED) is 0.826. The molecule has 0 N–H and O–H groups in total. The van der Waals surface area contributed by atoms with Crippen molar-refractivity contribution in [3.63, 3.8) is 0 Å². The first-order valence-corrected chi connectivity index (χ1v) is 7.70. The summed E-state index contributed by atoms with van der Waals surface area (Å²) in [5, 5.41) is 4.14. The van der Waals surface area contributed by atoms with Crippen LogP contribution in [-0.4, -0.2) is 27.1 Å². The highest BCUT2D eigenvalue weighted by molar-refractivity contribution is 7.10. The Hall–Kier alpha value is -0.190. The van der Waals surface area contributed by atoms with Gasteiger partial charge in [-0.2, -0.15) is 0 Å². The maximum absolute atomic E-state index is 6.10. The molecule has 5 heteroatoms. The van der Waals surface area contributed by atoms with Crippen LogP contribution in [0.2, 0.25) is 4.34 Å². The molecule has 1 aliphatic carbocycles. The predicted octanol–water partition coefficient (Wildman–Crippen LogP) is 3.35. The number of aromatic nitrogens is 2. The average molecular weight is 272 g/mol. The van der Waals surface area contributed by atoms with E-state index in [4.69, 9.17) is 11.6 Å². The van der Waals surface area contributed by atoms with E-state index in [1.807, 2.05) is 0 Å². The summed E-state index contributed by atoms with van der Waals surface area (Å²) in [7, 11) is 0. The molecule has 0 amide bonds. The van der Waals surface area contributed by atoms with Crippen LogP contribution in [0.15, 0.2) is 0 Å². The Morgan fingerprint density at radius 3 is 2.88 bits per heavy atom. The Kier molecular flexibility index (Phi) is 3.64. The maximum atomic E-state index is 6.10. The Morgan fingerprint density at radius 2 is 2.06 bits per heavy atom. The van der Waals surface area contributed by atoms with Gasteiger partial charge in [0.1, 0.15) is 10.0 Å². The van der Waals surface area contributed by atoms with E-state index in [0.29, 0.717) is 0 Å². The molecule has 0 bridgehead atoms. The van der Waals surface area contributed by atoms with Gasteiger partial charge < -0.3 is 0 Å². The zero-order valence-electron chi connectivity index (χ0n) is 9.94. The van der Waals surface area contributed by atoms with E-state index in [0.717, 1.165) is 28.5 Å². The molecular formula is C12H18ClN3S. The van der Waals surface area contributed by atoms with E-state index in [2.05, 4.69) is 14.5 Å². The number of likely N-dealkylation sites (tertiary alicyclic amines) is 1. The molecule has 0 aromatic carbocycles. The number of hydrogen-bond acceptors (Lipinski definition) is 4. The van der Waals surface area contributed by atoms with Gasteiger partial charge in [-0.3, -0.25) is 4.90 Å². The fourth-order valence-electron chi connectivity index (χ4n) is 3.41. The SMILES string of the molecule is Clc1snnc1CN1CCC[C@H]2CCCC[C@H]21. The van der Waals surface area contributed by atoms with Crippen molar-refractivity contribution in [2.45, 2.75) is 51.1 Å². The average Bonchev–Trinajstić information content (AvgIpc) is 2.76. The lowest BCUT2D eigenvalue weighted by molar-refractivity contribution is 0.0537. The fourth-order valence-corrected chi connectivity index (χ4v) is 4.02. The van der Waals surface area contributed by atoms with Crippen molar-refractivity contribution in [3.05, 3.63) is 10.0 Å². The summed E-state index contributed by atoms with van der Waals surface area (Å²) in [6.45, 7) is 2.10. The van der Waals surface area contributed by atoms with Crippen LogP contribution in [0, 0.1) is 5.92 Å². The van der Waals surface area contributed by atoms with Crippen molar-refractivity contribution < 1.29 is 0 Å². The van der Waals surface area contributed by atoms with Gasteiger partial charge in [-0.1, -0.05) is 28.9 Å². The largest absolute Gasteiger partial charge is 0.294 e. The first-order valence-electron chi connectivity index (χ1n) is 6.55. The van der Waals surface area contributed by atoms with E-state index in [-0.39, 0.29) is 0 Å². The van der Waals surface area contributed by atoms with Gasteiger partial charge in [-0.25, -0.2) is 0 Å². The minimum atomic E-state index is 0.767. The summed E-state index contributed by atoms with van der Waals surface area (Å²) in [4.78, 5) is 2.59. The smallest absolute Gasteiger partial charge is 0.138 e. The Morgan fingerprint density at radius 1 is 1.24 bits per heavy atom. The monoisotopic (exact) mass is 271 g/mol. The summed E-state index contributed by atoms with van der Waals surface area (Å²) in [6.07, 6.45) is 8.35. The van der Waals surface area contributed by atoms with Gasteiger partial charge in [-0.15, -0.1) is 5.10 Å². The molecule has 1 aliphatic heterocycles. The fraction of sp³-hybridized carbons (Fsp3) is 0.833. The predicted molar refractivity (Wildman–Crippen MR) is 70.3 cm³/mol. The zero-order valence-corrected chi connectivity index (χ0v) is 11.5. The van der Waals surface area contributed by atoms with Crippen LogP contribution in [0.25, 0.3) is 0 Å². The van der Waals surface area contributed by atoms with Crippen molar-refractivity contribution >= 4 is 23.1 Å². The van der Waals surface area contributed by atoms with Gasteiger partial charge in [0.05, 0.1) is 0 Å². The van der Waals surface area contributed by atoms with E-state index in [9.17, 15) is 0 Å². The number of hydrogen-bond donors (Lipinski definition) is 0. The van der Waals surface area contributed by atoms with Gasteiger partial charge in [0.15, 0.2) is 0 Å². The molecule has 1 aromatic rings. The number of piperidine rings is 1. The van der Waals surface area contributed by atoms with Crippen molar-refractivity contribution in [2.24, 2.45) is 5.92 Å². The highest BCUT2D eigenvalue weighted by atomic mass is 35.5. The zero-order chi connectivity index (χ0) is 11.7. The summed E-state index contributed by atoms with van der Waals surface area (Å²) in [5.74, 6) is 0.919. The van der Waals surface area contributed by atoms with Crippen molar-refractivity contribution in [2.75, 3.05) is 6.54 Å². The number of rotatable bonds is 2. The molecule has 2 heterocycles. The lowest BCUT2D eigenvalue weighted by Gasteiger charge is -2.43. The molecule has 1 aromatic heterocycles. The van der Waals surface area contributed by atoms with Crippen LogP contribution < -0.4 is 0 Å². The molecule has 17 heavy (non-hydrogen) atoms. The van der Waals surface area contributed by atoms with E-state index in [1.165, 1.54) is 56.6 Å². The molecule has 3 rings (SSSR count). The Labute approximate surface area is 111 Å². The van der Waals surface area contributed by atoms with Crippen LogP contribution in [0.3, 0.4) is 0 Å². The van der Waals surface area contributed by atoms with Gasteiger partial charge >= 0.3 is 0 Å². The first kappa shape index (κ1) is 11.9. The number of halogens is 1. The molecule has 3 nitrogen and oxygen atoms in total. The van der Waals surface area contributed by atoms with Crippen LogP contribution in [0.4, 0.5) is 0 Å². The van der Waals surface area contributed by atoms with Crippen LogP contribution in [0.5, 0.6) is 0 Å². The molecule has 0 radical (unpaired) electrons. The molecule has 0 unspecified atom stereocenters. The van der Waals surface area contributed by atoms with Gasteiger partial charge in [0, 0.05) is 24.1 Å². The van der Waals surface area contributed by atoms with Crippen LogP contribution in [0.1, 0.15) is 44.2 Å². The molecule has 94 valence electrons. The molecule has 2 atom stereocenters. The summed E-state index contributed by atoms with van der Waals surface area (Å²) in [6, 6.07) is 0.773. The maximum Gasteiger partial charge on any atom is 0.138 e. The first-order chi connectivity index (χ1) is 8.34. The highest BCUT2D eigenvalue weighted by Gasteiger charge is 2.33. The van der Waals surface area contributed by atoms with Crippen LogP contribution in [-0.2, 0) is 6.54 Å². The normalized spacial score (nSPS) is 30.2. The third-order valence-corrected chi connectivity index (χ3v) is 5.20. The summed E-state index contributed by atoms with van der Waals surface area (Å²) in [5.41, 5.74) is 0.975. The van der Waals surface area contributed by atoms with E-state index >= 15 is 0 Å². The topological polar surface area (TPSA) is 29.0 Å². The molecule has 1 saturated carbocycles. The van der Waals surface area contributed by atoms with Crippen molar-refractivity contribution in [1.29, 1.82) is 0 Å². The van der Waals surface area contributed by atoms with Crippen molar-refractivity contribution in [1.82, 2.24) is 14.5 Å². The lowest BCUT2D eigenvalue weighted by Crippen LogP contribution is -2.46. The van der Waals surface area contributed by atoms with Gasteiger partial charge in [0.25, 0.3) is 0 Å². The summed E-state index contributed by atoms with van der Waals surface area (Å²) < 4.78 is 4.69. The van der Waals surface area contributed by atoms with Gasteiger partial charge in [-0.05, 0) is 38.1 Å². The van der Waals surface area contributed by atoms with Crippen molar-refractivity contribution in [3.8, 4) is 0 Å². The minimum absolute atomic E-state index is 0.767.